The van der Waals surface area contributed by atoms with E-state index in [9.17, 15) is 4.79 Å². The van der Waals surface area contributed by atoms with E-state index in [1.807, 2.05) is 6.07 Å². The lowest BCUT2D eigenvalue weighted by Gasteiger charge is -2.04. The number of rotatable bonds is 3. The molecule has 4 nitrogen and oxygen atoms in total. The number of hydrogen-bond acceptors (Lipinski definition) is 4. The Morgan fingerprint density at radius 1 is 1.57 bits per heavy atom. The summed E-state index contributed by atoms with van der Waals surface area (Å²) in [7, 11) is 0. The molecule has 2 rings (SSSR count). The van der Waals surface area contributed by atoms with Crippen LogP contribution in [0.2, 0.25) is 0 Å². The van der Waals surface area contributed by atoms with Gasteiger partial charge in [-0.05, 0) is 25.0 Å². The first kappa shape index (κ1) is 8.70. The molecule has 0 radical (unpaired) electrons. The smallest absolute Gasteiger partial charge is 0.183 e. The van der Waals surface area contributed by atoms with Gasteiger partial charge in [-0.3, -0.25) is 4.79 Å². The summed E-state index contributed by atoms with van der Waals surface area (Å²) in [6, 6.07) is 5.07. The van der Waals surface area contributed by atoms with E-state index in [2.05, 4.69) is 4.98 Å². The molecule has 14 heavy (non-hydrogen) atoms. The lowest BCUT2D eigenvalue weighted by atomic mass is 10.3. The number of nitriles is 1. The Bertz CT molecular complexity index is 405. The first-order valence-corrected chi connectivity index (χ1v) is 4.36. The number of hydrogen-bond donors (Lipinski definition) is 0. The summed E-state index contributed by atoms with van der Waals surface area (Å²) in [5.41, 5.74) is 0.436. The van der Waals surface area contributed by atoms with Crippen molar-refractivity contribution in [2.24, 2.45) is 0 Å². The van der Waals surface area contributed by atoms with E-state index in [4.69, 9.17) is 10.00 Å². The number of nitrogens with zero attached hydrogens (tertiary/aromatic N) is 2. The molecule has 1 aliphatic rings. The second-order valence-electron chi connectivity index (χ2n) is 3.13. The molecule has 1 aliphatic carbocycles. The number of pyridine rings is 1. The molecule has 4 heteroatoms. The van der Waals surface area contributed by atoms with Crippen molar-refractivity contribution in [3.8, 4) is 11.8 Å². The minimum absolute atomic E-state index is 0.182. The van der Waals surface area contributed by atoms with Gasteiger partial charge in [0, 0.05) is 0 Å². The van der Waals surface area contributed by atoms with Crippen LogP contribution in [-0.2, 0) is 0 Å². The van der Waals surface area contributed by atoms with E-state index in [1.54, 1.807) is 12.1 Å². The molecule has 0 atom stereocenters. The number of aldehydes is 1. The third-order valence-corrected chi connectivity index (χ3v) is 1.92. The van der Waals surface area contributed by atoms with Gasteiger partial charge in [-0.2, -0.15) is 5.26 Å². The molecule has 0 aromatic carbocycles. The maximum Gasteiger partial charge on any atom is 0.183 e. The zero-order valence-electron chi connectivity index (χ0n) is 7.43. The fourth-order valence-corrected chi connectivity index (χ4v) is 1.07. The second-order valence-corrected chi connectivity index (χ2v) is 3.13. The molecule has 1 fully saturated rings. The van der Waals surface area contributed by atoms with Crippen molar-refractivity contribution in [2.45, 2.75) is 18.9 Å². The summed E-state index contributed by atoms with van der Waals surface area (Å²) >= 11 is 0. The number of carbonyl (C=O) groups excluding carboxylic acids is 1. The molecule has 1 saturated carbocycles. The maximum atomic E-state index is 10.4. The summed E-state index contributed by atoms with van der Waals surface area (Å²) in [5.74, 6) is 0.473. The fourth-order valence-electron chi connectivity index (χ4n) is 1.07. The third kappa shape index (κ3) is 1.72. The quantitative estimate of drug-likeness (QED) is 0.671. The average molecular weight is 188 g/mol. The molecular weight excluding hydrogens is 180 g/mol. The highest BCUT2D eigenvalue weighted by Crippen LogP contribution is 2.28. The van der Waals surface area contributed by atoms with Crippen LogP contribution in [0.4, 0.5) is 0 Å². The Morgan fingerprint density at radius 2 is 2.36 bits per heavy atom. The molecule has 1 aromatic rings. The number of aromatic nitrogens is 1. The van der Waals surface area contributed by atoms with E-state index in [0.29, 0.717) is 12.0 Å². The summed E-state index contributed by atoms with van der Waals surface area (Å²) < 4.78 is 5.45. The van der Waals surface area contributed by atoms with Gasteiger partial charge in [0.1, 0.15) is 11.8 Å². The van der Waals surface area contributed by atoms with Crippen LogP contribution < -0.4 is 4.74 Å². The van der Waals surface area contributed by atoms with Gasteiger partial charge in [-0.1, -0.05) is 0 Å². The predicted octanol–water partition coefficient (Wildman–Crippen LogP) is 1.31. The van der Waals surface area contributed by atoms with Crippen molar-refractivity contribution in [1.29, 1.82) is 5.26 Å². The lowest BCUT2D eigenvalue weighted by Crippen LogP contribution is -2.01. The van der Waals surface area contributed by atoms with E-state index < -0.39 is 0 Å². The highest BCUT2D eigenvalue weighted by Gasteiger charge is 2.24. The molecule has 0 spiro atoms. The van der Waals surface area contributed by atoms with Gasteiger partial charge >= 0.3 is 0 Å². The second kappa shape index (κ2) is 3.46. The van der Waals surface area contributed by atoms with Crippen molar-refractivity contribution in [3.05, 3.63) is 23.5 Å². The van der Waals surface area contributed by atoms with Crippen LogP contribution in [0.3, 0.4) is 0 Å². The number of carbonyl (C=O) groups is 1. The van der Waals surface area contributed by atoms with Gasteiger partial charge in [0.25, 0.3) is 0 Å². The predicted molar refractivity (Wildman–Crippen MR) is 48.0 cm³/mol. The van der Waals surface area contributed by atoms with Crippen LogP contribution in [0.5, 0.6) is 5.75 Å². The molecule has 0 amide bonds. The summed E-state index contributed by atoms with van der Waals surface area (Å²) in [6.07, 6.45) is 2.90. The zero-order chi connectivity index (χ0) is 9.97. The lowest BCUT2D eigenvalue weighted by molar-refractivity contribution is 0.111. The van der Waals surface area contributed by atoms with Gasteiger partial charge in [0.2, 0.25) is 0 Å². The van der Waals surface area contributed by atoms with Gasteiger partial charge in [0.05, 0.1) is 6.10 Å². The molecule has 0 N–H and O–H groups in total. The number of ether oxygens (including phenoxy) is 1. The third-order valence-electron chi connectivity index (χ3n) is 1.92. The monoisotopic (exact) mass is 188 g/mol. The van der Waals surface area contributed by atoms with E-state index >= 15 is 0 Å². The highest BCUT2D eigenvalue weighted by atomic mass is 16.5. The Hall–Kier alpha value is -1.89. The molecule has 1 heterocycles. The van der Waals surface area contributed by atoms with E-state index in [1.165, 1.54) is 0 Å². The highest BCUT2D eigenvalue weighted by molar-refractivity contribution is 5.72. The van der Waals surface area contributed by atoms with E-state index in [0.717, 1.165) is 12.8 Å². The maximum absolute atomic E-state index is 10.4. The molecule has 70 valence electrons. The Kier molecular flexibility index (Phi) is 2.15. The SMILES string of the molecule is N#Cc1nc(C=O)ccc1OC1CC1. The summed E-state index contributed by atoms with van der Waals surface area (Å²) in [5, 5.41) is 8.76. The van der Waals surface area contributed by atoms with Crippen LogP contribution in [0, 0.1) is 11.3 Å². The first-order chi connectivity index (χ1) is 6.83. The topological polar surface area (TPSA) is 63.0 Å². The molecular formula is C10H8N2O2. The Morgan fingerprint density at radius 3 is 2.93 bits per heavy atom. The summed E-state index contributed by atoms with van der Waals surface area (Å²) in [4.78, 5) is 14.2. The molecule has 0 unspecified atom stereocenters. The van der Waals surface area contributed by atoms with Crippen molar-refractivity contribution in [1.82, 2.24) is 4.98 Å². The Balaban J connectivity index is 2.29. The standard InChI is InChI=1S/C10H8N2O2/c11-5-9-10(14-8-2-3-8)4-1-7(6-13)12-9/h1,4,6,8H,2-3H2. The molecule has 1 aromatic heterocycles. The van der Waals surface area contributed by atoms with Gasteiger partial charge in [0.15, 0.2) is 17.7 Å². The zero-order valence-corrected chi connectivity index (χ0v) is 7.43. The normalized spacial score (nSPS) is 14.5. The van der Waals surface area contributed by atoms with Crippen LogP contribution in [-0.4, -0.2) is 17.4 Å². The largest absolute Gasteiger partial charge is 0.487 e. The van der Waals surface area contributed by atoms with Crippen LogP contribution in [0.1, 0.15) is 29.0 Å². The van der Waals surface area contributed by atoms with Gasteiger partial charge in [-0.25, -0.2) is 4.98 Å². The van der Waals surface area contributed by atoms with E-state index in [-0.39, 0.29) is 17.5 Å². The minimum Gasteiger partial charge on any atom is -0.487 e. The van der Waals surface area contributed by atoms with Gasteiger partial charge in [-0.15, -0.1) is 0 Å². The van der Waals surface area contributed by atoms with Crippen molar-refractivity contribution in [2.75, 3.05) is 0 Å². The van der Waals surface area contributed by atoms with Gasteiger partial charge < -0.3 is 4.74 Å². The molecule has 0 aliphatic heterocycles. The van der Waals surface area contributed by atoms with Crippen LogP contribution in [0.15, 0.2) is 12.1 Å². The van der Waals surface area contributed by atoms with Crippen molar-refractivity contribution in [3.63, 3.8) is 0 Å². The average Bonchev–Trinajstić information content (AvgIpc) is 3.02. The molecule has 0 saturated heterocycles. The summed E-state index contributed by atoms with van der Waals surface area (Å²) in [6.45, 7) is 0. The Labute approximate surface area is 81.1 Å². The van der Waals surface area contributed by atoms with Crippen molar-refractivity contribution < 1.29 is 9.53 Å². The van der Waals surface area contributed by atoms with Crippen LogP contribution in [0.25, 0.3) is 0 Å². The minimum atomic E-state index is 0.182. The first-order valence-electron chi connectivity index (χ1n) is 4.36. The molecule has 0 bridgehead atoms. The van der Waals surface area contributed by atoms with Crippen LogP contribution >= 0.6 is 0 Å². The fraction of sp³-hybridized carbons (Fsp3) is 0.300. The van der Waals surface area contributed by atoms with Crippen molar-refractivity contribution >= 4 is 6.29 Å².